The standard InChI is InChI=1S/C18H22N2OS/c1-14-3-5-15(6-4-14)13-20(2)17-9-7-16(8-10-17)18(21)19-11-12-22/h3-10,22H,11-13H2,1-2H3,(H,19,21). The van der Waals surface area contributed by atoms with Gasteiger partial charge in [0.05, 0.1) is 0 Å². The predicted molar refractivity (Wildman–Crippen MR) is 95.9 cm³/mol. The van der Waals surface area contributed by atoms with Crippen LogP contribution in [0.25, 0.3) is 0 Å². The third-order valence-electron chi connectivity index (χ3n) is 3.51. The molecule has 0 aliphatic carbocycles. The maximum absolute atomic E-state index is 11.8. The normalized spacial score (nSPS) is 10.3. The van der Waals surface area contributed by atoms with Crippen molar-refractivity contribution in [3.63, 3.8) is 0 Å². The molecule has 0 saturated heterocycles. The highest BCUT2D eigenvalue weighted by Gasteiger charge is 2.06. The summed E-state index contributed by atoms with van der Waals surface area (Å²) in [6.45, 7) is 3.51. The molecule has 0 aliphatic rings. The van der Waals surface area contributed by atoms with Gasteiger partial charge in [-0.05, 0) is 36.8 Å². The number of carbonyl (C=O) groups is 1. The van der Waals surface area contributed by atoms with E-state index in [-0.39, 0.29) is 5.91 Å². The number of nitrogens with one attached hydrogen (secondary N) is 1. The fourth-order valence-electron chi connectivity index (χ4n) is 2.20. The van der Waals surface area contributed by atoms with Crippen LogP contribution in [0.1, 0.15) is 21.5 Å². The van der Waals surface area contributed by atoms with Crippen molar-refractivity contribution in [2.75, 3.05) is 24.2 Å². The highest BCUT2D eigenvalue weighted by molar-refractivity contribution is 7.80. The second kappa shape index (κ2) is 7.90. The predicted octanol–water partition coefficient (Wildman–Crippen LogP) is 3.29. The van der Waals surface area contributed by atoms with Gasteiger partial charge in [0.15, 0.2) is 0 Å². The van der Waals surface area contributed by atoms with Gasteiger partial charge >= 0.3 is 0 Å². The molecule has 0 heterocycles. The highest BCUT2D eigenvalue weighted by atomic mass is 32.1. The minimum Gasteiger partial charge on any atom is -0.370 e. The first-order valence-corrected chi connectivity index (χ1v) is 7.99. The summed E-state index contributed by atoms with van der Waals surface area (Å²) in [5, 5.41) is 2.81. The highest BCUT2D eigenvalue weighted by Crippen LogP contribution is 2.17. The Morgan fingerprint density at radius 1 is 1.09 bits per heavy atom. The average molecular weight is 314 g/mol. The molecule has 2 aromatic carbocycles. The summed E-state index contributed by atoms with van der Waals surface area (Å²) in [4.78, 5) is 14.0. The van der Waals surface area contributed by atoms with Crippen LogP contribution in [0, 0.1) is 6.92 Å². The molecule has 4 heteroatoms. The molecule has 0 bridgehead atoms. The van der Waals surface area contributed by atoms with Crippen molar-refractivity contribution in [3.8, 4) is 0 Å². The Morgan fingerprint density at radius 3 is 2.32 bits per heavy atom. The topological polar surface area (TPSA) is 32.3 Å². The average Bonchev–Trinajstić information content (AvgIpc) is 2.55. The fraction of sp³-hybridized carbons (Fsp3) is 0.278. The zero-order valence-corrected chi connectivity index (χ0v) is 13.9. The molecule has 0 atom stereocenters. The zero-order valence-electron chi connectivity index (χ0n) is 13.0. The van der Waals surface area contributed by atoms with Crippen molar-refractivity contribution in [2.45, 2.75) is 13.5 Å². The first-order chi connectivity index (χ1) is 10.6. The van der Waals surface area contributed by atoms with Crippen molar-refractivity contribution in [2.24, 2.45) is 0 Å². The van der Waals surface area contributed by atoms with E-state index in [9.17, 15) is 4.79 Å². The van der Waals surface area contributed by atoms with Crippen molar-refractivity contribution < 1.29 is 4.79 Å². The Kier molecular flexibility index (Phi) is 5.90. The first kappa shape index (κ1) is 16.4. The Hall–Kier alpha value is -1.94. The SMILES string of the molecule is Cc1ccc(CN(C)c2ccc(C(=O)NCCS)cc2)cc1. The number of hydrogen-bond acceptors (Lipinski definition) is 3. The fourth-order valence-corrected chi connectivity index (χ4v) is 2.31. The minimum atomic E-state index is -0.0539. The Labute approximate surface area is 137 Å². The molecular formula is C18H22N2OS. The van der Waals surface area contributed by atoms with Gasteiger partial charge in [-0.15, -0.1) is 0 Å². The Bertz CT molecular complexity index is 608. The second-order valence-corrected chi connectivity index (χ2v) is 5.82. The number of carbonyl (C=O) groups excluding carboxylic acids is 1. The van der Waals surface area contributed by atoms with Crippen LogP contribution >= 0.6 is 12.6 Å². The van der Waals surface area contributed by atoms with Gasteiger partial charge < -0.3 is 10.2 Å². The number of hydrogen-bond donors (Lipinski definition) is 2. The summed E-state index contributed by atoms with van der Waals surface area (Å²) in [5.41, 5.74) is 4.30. The van der Waals surface area contributed by atoms with Crippen LogP contribution in [0.3, 0.4) is 0 Å². The third-order valence-corrected chi connectivity index (χ3v) is 3.73. The van der Waals surface area contributed by atoms with Crippen LogP contribution in [-0.2, 0) is 6.54 Å². The van der Waals surface area contributed by atoms with Gasteiger partial charge in [0.1, 0.15) is 0 Å². The van der Waals surface area contributed by atoms with Gasteiger partial charge in [-0.1, -0.05) is 29.8 Å². The maximum atomic E-state index is 11.8. The summed E-state index contributed by atoms with van der Waals surface area (Å²) in [7, 11) is 2.05. The molecule has 0 spiro atoms. The minimum absolute atomic E-state index is 0.0539. The van der Waals surface area contributed by atoms with E-state index >= 15 is 0 Å². The molecule has 0 unspecified atom stereocenters. The van der Waals surface area contributed by atoms with E-state index in [0.29, 0.717) is 17.9 Å². The molecule has 0 saturated carbocycles. The lowest BCUT2D eigenvalue weighted by Crippen LogP contribution is -2.25. The van der Waals surface area contributed by atoms with E-state index in [1.54, 1.807) is 0 Å². The first-order valence-electron chi connectivity index (χ1n) is 7.36. The van der Waals surface area contributed by atoms with Crippen LogP contribution in [-0.4, -0.2) is 25.3 Å². The lowest BCUT2D eigenvalue weighted by atomic mass is 10.1. The molecule has 3 nitrogen and oxygen atoms in total. The van der Waals surface area contributed by atoms with Gasteiger partial charge in [-0.2, -0.15) is 12.6 Å². The van der Waals surface area contributed by atoms with Crippen LogP contribution < -0.4 is 10.2 Å². The lowest BCUT2D eigenvalue weighted by molar-refractivity contribution is 0.0956. The van der Waals surface area contributed by atoms with Crippen molar-refractivity contribution in [3.05, 3.63) is 65.2 Å². The van der Waals surface area contributed by atoms with Crippen molar-refractivity contribution in [1.82, 2.24) is 5.32 Å². The molecular weight excluding hydrogens is 292 g/mol. The quantitative estimate of drug-likeness (QED) is 0.802. The van der Waals surface area contributed by atoms with Gasteiger partial charge in [-0.25, -0.2) is 0 Å². The third kappa shape index (κ3) is 4.53. The number of aryl methyl sites for hydroxylation is 1. The molecule has 2 rings (SSSR count). The van der Waals surface area contributed by atoms with E-state index in [1.165, 1.54) is 11.1 Å². The van der Waals surface area contributed by atoms with E-state index < -0.39 is 0 Å². The Morgan fingerprint density at radius 2 is 1.73 bits per heavy atom. The van der Waals surface area contributed by atoms with E-state index in [1.807, 2.05) is 24.3 Å². The van der Waals surface area contributed by atoms with Gasteiger partial charge in [-0.3, -0.25) is 4.79 Å². The van der Waals surface area contributed by atoms with Crippen LogP contribution in [0.15, 0.2) is 48.5 Å². The van der Waals surface area contributed by atoms with Crippen molar-refractivity contribution >= 4 is 24.2 Å². The van der Waals surface area contributed by atoms with Crippen LogP contribution in [0.2, 0.25) is 0 Å². The summed E-state index contributed by atoms with van der Waals surface area (Å²) in [5.74, 6) is 0.588. The molecule has 0 aromatic heterocycles. The van der Waals surface area contributed by atoms with E-state index in [2.05, 4.69) is 61.1 Å². The molecule has 1 N–H and O–H groups in total. The van der Waals surface area contributed by atoms with E-state index in [4.69, 9.17) is 0 Å². The Balaban J connectivity index is 2.00. The summed E-state index contributed by atoms with van der Waals surface area (Å²) >= 11 is 4.08. The smallest absolute Gasteiger partial charge is 0.251 e. The molecule has 0 aliphatic heterocycles. The summed E-state index contributed by atoms with van der Waals surface area (Å²) in [6.07, 6.45) is 0. The van der Waals surface area contributed by atoms with Gasteiger partial charge in [0.25, 0.3) is 5.91 Å². The number of rotatable bonds is 6. The van der Waals surface area contributed by atoms with Gasteiger partial charge in [0.2, 0.25) is 0 Å². The number of nitrogens with zero attached hydrogens (tertiary/aromatic N) is 1. The largest absolute Gasteiger partial charge is 0.370 e. The number of anilines is 1. The van der Waals surface area contributed by atoms with Crippen LogP contribution in [0.5, 0.6) is 0 Å². The molecule has 0 fully saturated rings. The monoisotopic (exact) mass is 314 g/mol. The molecule has 22 heavy (non-hydrogen) atoms. The number of amides is 1. The second-order valence-electron chi connectivity index (χ2n) is 5.37. The molecule has 116 valence electrons. The molecule has 2 aromatic rings. The maximum Gasteiger partial charge on any atom is 0.251 e. The van der Waals surface area contributed by atoms with Crippen molar-refractivity contribution in [1.29, 1.82) is 0 Å². The van der Waals surface area contributed by atoms with Gasteiger partial charge in [0, 0.05) is 37.1 Å². The number of thiol groups is 1. The molecule has 1 amide bonds. The zero-order chi connectivity index (χ0) is 15.9. The summed E-state index contributed by atoms with van der Waals surface area (Å²) < 4.78 is 0. The lowest BCUT2D eigenvalue weighted by Gasteiger charge is -2.20. The van der Waals surface area contributed by atoms with E-state index in [0.717, 1.165) is 12.2 Å². The molecule has 0 radical (unpaired) electrons. The number of benzene rings is 2. The summed E-state index contributed by atoms with van der Waals surface area (Å²) in [6, 6.07) is 16.2. The van der Waals surface area contributed by atoms with Crippen LogP contribution in [0.4, 0.5) is 5.69 Å².